The number of phenolic OH excluding ortho intramolecular Hbond substituents is 1. The van der Waals surface area contributed by atoms with E-state index in [1.165, 1.54) is 36.2 Å². The van der Waals surface area contributed by atoms with Crippen LogP contribution in [-0.4, -0.2) is 27.2 Å². The number of thiazole rings is 1. The Labute approximate surface area is 173 Å². The highest BCUT2D eigenvalue weighted by Crippen LogP contribution is 2.44. The number of halogens is 3. The molecule has 2 heterocycles. The molecule has 1 N–H and O–H groups in total. The number of aromatic hydroxyl groups is 1. The predicted molar refractivity (Wildman–Crippen MR) is 107 cm³/mol. The molecule has 5 nitrogen and oxygen atoms in total. The Hall–Kier alpha value is -3.46. The molecule has 0 saturated heterocycles. The van der Waals surface area contributed by atoms with Gasteiger partial charge in [-0.25, -0.2) is 15.0 Å². The van der Waals surface area contributed by atoms with E-state index in [0.717, 1.165) is 11.3 Å². The first-order valence-electron chi connectivity index (χ1n) is 8.69. The largest absolute Gasteiger partial charge is 0.507 e. The Kier molecular flexibility index (Phi) is 5.13. The molecule has 0 spiro atoms. The number of alkyl halides is 3. The first-order valence-corrected chi connectivity index (χ1v) is 9.63. The molecule has 0 amide bonds. The van der Waals surface area contributed by atoms with Gasteiger partial charge < -0.3 is 9.84 Å². The van der Waals surface area contributed by atoms with Crippen molar-refractivity contribution in [1.29, 1.82) is 0 Å². The van der Waals surface area contributed by atoms with Gasteiger partial charge in [0.15, 0.2) is 11.5 Å². The summed E-state index contributed by atoms with van der Waals surface area (Å²) < 4.78 is 47.2. The van der Waals surface area contributed by atoms with E-state index in [4.69, 9.17) is 4.74 Å². The monoisotopic (exact) mass is 429 g/mol. The number of aromatic nitrogens is 3. The highest BCUT2D eigenvalue weighted by Gasteiger charge is 2.39. The molecule has 2 aromatic heterocycles. The van der Waals surface area contributed by atoms with E-state index in [1.807, 2.05) is 0 Å². The summed E-state index contributed by atoms with van der Waals surface area (Å²) in [6.45, 7) is 0. The second kappa shape index (κ2) is 7.75. The van der Waals surface area contributed by atoms with E-state index >= 15 is 0 Å². The first kappa shape index (κ1) is 19.8. The SMILES string of the molecule is COc1ccc(-c2nc(-c3ccccc3)nc(C(F)(F)F)c2-c2cscn2)c(O)c1. The number of methoxy groups -OCH3 is 1. The van der Waals surface area contributed by atoms with Crippen LogP contribution in [0.25, 0.3) is 33.9 Å². The van der Waals surface area contributed by atoms with Crippen molar-refractivity contribution < 1.29 is 23.0 Å². The number of hydrogen-bond donors (Lipinski definition) is 1. The third-order valence-electron chi connectivity index (χ3n) is 4.36. The maximum atomic E-state index is 14.1. The molecular formula is C21H14F3N3O2S. The van der Waals surface area contributed by atoms with Crippen molar-refractivity contribution >= 4 is 11.3 Å². The van der Waals surface area contributed by atoms with Crippen LogP contribution in [0.15, 0.2) is 59.4 Å². The van der Waals surface area contributed by atoms with E-state index < -0.39 is 11.9 Å². The fourth-order valence-electron chi connectivity index (χ4n) is 2.99. The summed E-state index contributed by atoms with van der Waals surface area (Å²) in [6.07, 6.45) is -4.76. The minimum absolute atomic E-state index is 0.0674. The normalized spacial score (nSPS) is 11.5. The van der Waals surface area contributed by atoms with Crippen molar-refractivity contribution in [3.63, 3.8) is 0 Å². The highest BCUT2D eigenvalue weighted by atomic mass is 32.1. The maximum Gasteiger partial charge on any atom is 0.434 e. The average molecular weight is 429 g/mol. The topological polar surface area (TPSA) is 68.1 Å². The van der Waals surface area contributed by atoms with Gasteiger partial charge in [0.05, 0.1) is 29.6 Å². The van der Waals surface area contributed by atoms with E-state index in [2.05, 4.69) is 15.0 Å². The first-order chi connectivity index (χ1) is 14.4. The smallest absolute Gasteiger partial charge is 0.434 e. The fourth-order valence-corrected chi connectivity index (χ4v) is 3.54. The average Bonchev–Trinajstić information content (AvgIpc) is 3.27. The molecule has 9 heteroatoms. The van der Waals surface area contributed by atoms with Crippen LogP contribution in [-0.2, 0) is 6.18 Å². The number of ether oxygens (including phenoxy) is 1. The van der Waals surface area contributed by atoms with Gasteiger partial charge in [0, 0.05) is 22.6 Å². The van der Waals surface area contributed by atoms with Crippen LogP contribution in [0, 0.1) is 0 Å². The standard InChI is InChI=1S/C21H14F3N3O2S/c1-29-13-7-8-14(16(28)9-13)18-17(15-10-30-11-25-15)19(21(22,23)24)27-20(26-18)12-5-3-2-4-6-12/h2-11,28H,1H3. The minimum Gasteiger partial charge on any atom is -0.507 e. The van der Waals surface area contributed by atoms with Crippen LogP contribution in [0.3, 0.4) is 0 Å². The van der Waals surface area contributed by atoms with Gasteiger partial charge in [0.1, 0.15) is 11.5 Å². The molecule has 0 aliphatic heterocycles. The predicted octanol–water partition coefficient (Wildman–Crippen LogP) is 5.67. The van der Waals surface area contributed by atoms with Gasteiger partial charge >= 0.3 is 6.18 Å². The summed E-state index contributed by atoms with van der Waals surface area (Å²) in [7, 11) is 1.43. The van der Waals surface area contributed by atoms with Crippen molar-refractivity contribution in [2.24, 2.45) is 0 Å². The van der Waals surface area contributed by atoms with Crippen LogP contribution >= 0.6 is 11.3 Å². The molecule has 4 aromatic rings. The molecule has 0 bridgehead atoms. The summed E-state index contributed by atoms with van der Waals surface area (Å²) in [4.78, 5) is 12.3. The summed E-state index contributed by atoms with van der Waals surface area (Å²) in [5, 5.41) is 12.0. The Bertz CT molecular complexity index is 1180. The van der Waals surface area contributed by atoms with Crippen LogP contribution in [0.4, 0.5) is 13.2 Å². The van der Waals surface area contributed by atoms with Crippen molar-refractivity contribution in [2.45, 2.75) is 6.18 Å². The molecule has 0 radical (unpaired) electrons. The lowest BCUT2D eigenvalue weighted by Gasteiger charge is -2.17. The van der Waals surface area contributed by atoms with Gasteiger partial charge in [0.25, 0.3) is 0 Å². The lowest BCUT2D eigenvalue weighted by molar-refractivity contribution is -0.140. The second-order valence-electron chi connectivity index (χ2n) is 6.24. The van der Waals surface area contributed by atoms with Crippen molar-refractivity contribution in [3.8, 4) is 45.4 Å². The van der Waals surface area contributed by atoms with Crippen LogP contribution in [0.5, 0.6) is 11.5 Å². The zero-order valence-corrected chi connectivity index (χ0v) is 16.3. The summed E-state index contributed by atoms with van der Waals surface area (Å²) >= 11 is 1.15. The number of rotatable bonds is 4. The molecule has 2 aromatic carbocycles. The van der Waals surface area contributed by atoms with Crippen LogP contribution in [0.1, 0.15) is 5.69 Å². The van der Waals surface area contributed by atoms with Gasteiger partial charge in [-0.05, 0) is 12.1 Å². The van der Waals surface area contributed by atoms with Crippen LogP contribution in [0.2, 0.25) is 0 Å². The molecular weight excluding hydrogens is 415 g/mol. The Morgan fingerprint density at radius 2 is 1.80 bits per heavy atom. The number of nitrogens with zero attached hydrogens (tertiary/aromatic N) is 3. The van der Waals surface area contributed by atoms with Crippen molar-refractivity contribution in [2.75, 3.05) is 7.11 Å². The molecule has 0 aliphatic rings. The van der Waals surface area contributed by atoms with E-state index in [0.29, 0.717) is 11.3 Å². The fraction of sp³-hybridized carbons (Fsp3) is 0.0952. The van der Waals surface area contributed by atoms with Gasteiger partial charge in [-0.3, -0.25) is 0 Å². The third kappa shape index (κ3) is 3.71. The zero-order valence-electron chi connectivity index (χ0n) is 15.5. The Morgan fingerprint density at radius 1 is 1.03 bits per heavy atom. The molecule has 0 atom stereocenters. The molecule has 4 rings (SSSR count). The minimum atomic E-state index is -4.76. The van der Waals surface area contributed by atoms with E-state index in [1.54, 1.807) is 30.3 Å². The molecule has 152 valence electrons. The van der Waals surface area contributed by atoms with Crippen molar-refractivity contribution in [1.82, 2.24) is 15.0 Å². The molecule has 30 heavy (non-hydrogen) atoms. The zero-order chi connectivity index (χ0) is 21.3. The Balaban J connectivity index is 2.08. The van der Waals surface area contributed by atoms with Crippen molar-refractivity contribution in [3.05, 3.63) is 65.1 Å². The highest BCUT2D eigenvalue weighted by molar-refractivity contribution is 7.07. The van der Waals surface area contributed by atoms with E-state index in [9.17, 15) is 18.3 Å². The number of phenols is 1. The second-order valence-corrected chi connectivity index (χ2v) is 6.96. The summed E-state index contributed by atoms with van der Waals surface area (Å²) in [5.74, 6) is -0.0105. The molecule has 0 fully saturated rings. The Morgan fingerprint density at radius 3 is 2.40 bits per heavy atom. The number of benzene rings is 2. The third-order valence-corrected chi connectivity index (χ3v) is 4.94. The quantitative estimate of drug-likeness (QED) is 0.453. The van der Waals surface area contributed by atoms with Gasteiger partial charge in [-0.2, -0.15) is 13.2 Å². The lowest BCUT2D eigenvalue weighted by atomic mass is 10.00. The number of hydrogen-bond acceptors (Lipinski definition) is 6. The van der Waals surface area contributed by atoms with Gasteiger partial charge in [0.2, 0.25) is 0 Å². The molecule has 0 saturated carbocycles. The maximum absolute atomic E-state index is 14.1. The van der Waals surface area contributed by atoms with Gasteiger partial charge in [-0.1, -0.05) is 30.3 Å². The lowest BCUT2D eigenvalue weighted by Crippen LogP contribution is -2.13. The van der Waals surface area contributed by atoms with Crippen LogP contribution < -0.4 is 4.74 Å². The van der Waals surface area contributed by atoms with E-state index in [-0.39, 0.29) is 34.1 Å². The van der Waals surface area contributed by atoms with Gasteiger partial charge in [-0.15, -0.1) is 11.3 Å². The summed E-state index contributed by atoms with van der Waals surface area (Å²) in [6, 6.07) is 12.7. The summed E-state index contributed by atoms with van der Waals surface area (Å²) in [5.41, 5.74) is 0.569. The molecule has 0 unspecified atom stereocenters. The molecule has 0 aliphatic carbocycles.